The van der Waals surface area contributed by atoms with Gasteiger partial charge in [-0.1, -0.05) is 66.7 Å². The number of nitrogens with zero attached hydrogens (tertiary/aromatic N) is 1. The van der Waals surface area contributed by atoms with Crippen LogP contribution < -0.4 is 0 Å². The largest absolute Gasteiger partial charge is 0.297 e. The summed E-state index contributed by atoms with van der Waals surface area (Å²) >= 11 is 0. The third kappa shape index (κ3) is 3.68. The lowest BCUT2D eigenvalue weighted by atomic mass is 9.93. The zero-order chi connectivity index (χ0) is 17.2. The Kier molecular flexibility index (Phi) is 4.73. The van der Waals surface area contributed by atoms with Gasteiger partial charge in [-0.25, -0.2) is 0 Å². The lowest BCUT2D eigenvalue weighted by molar-refractivity contribution is 0.167. The Morgan fingerprint density at radius 1 is 0.792 bits per heavy atom. The van der Waals surface area contributed by atoms with Gasteiger partial charge in [-0.05, 0) is 61.7 Å². The summed E-state index contributed by atoms with van der Waals surface area (Å²) in [5, 5.41) is 2.70. The minimum atomic E-state index is 0.154. The van der Waals surface area contributed by atoms with Crippen LogP contribution in [0.25, 0.3) is 10.8 Å². The van der Waals surface area contributed by atoms with E-state index in [1.807, 2.05) is 0 Å². The molecule has 0 aliphatic rings. The van der Waals surface area contributed by atoms with Crippen LogP contribution in [0.1, 0.15) is 37.5 Å². The normalized spacial score (nSPS) is 12.0. The third-order valence-electron chi connectivity index (χ3n) is 4.92. The van der Waals surface area contributed by atoms with E-state index in [0.717, 1.165) is 13.0 Å². The van der Waals surface area contributed by atoms with Gasteiger partial charge in [-0.3, -0.25) is 4.90 Å². The SMILES string of the molecule is CN(Cc1c(Cc2ccccc2)ccc2ccccc12)C(C)(C)C. The van der Waals surface area contributed by atoms with E-state index in [-0.39, 0.29) is 5.54 Å². The molecule has 124 valence electrons. The van der Waals surface area contributed by atoms with Crippen molar-refractivity contribution in [2.75, 3.05) is 7.05 Å². The molecular formula is C23H27N. The molecule has 0 amide bonds. The van der Waals surface area contributed by atoms with Gasteiger partial charge in [0.2, 0.25) is 0 Å². The molecule has 0 aliphatic carbocycles. The summed E-state index contributed by atoms with van der Waals surface area (Å²) in [6, 6.07) is 24.1. The molecule has 0 heterocycles. The highest BCUT2D eigenvalue weighted by Crippen LogP contribution is 2.27. The van der Waals surface area contributed by atoms with E-state index in [4.69, 9.17) is 0 Å². The lowest BCUT2D eigenvalue weighted by Crippen LogP contribution is -2.37. The van der Waals surface area contributed by atoms with Crippen molar-refractivity contribution < 1.29 is 0 Å². The van der Waals surface area contributed by atoms with Gasteiger partial charge in [0, 0.05) is 12.1 Å². The van der Waals surface area contributed by atoms with Crippen LogP contribution in [0, 0.1) is 0 Å². The Hall–Kier alpha value is -2.12. The van der Waals surface area contributed by atoms with Gasteiger partial charge < -0.3 is 0 Å². The maximum absolute atomic E-state index is 2.43. The molecule has 0 radical (unpaired) electrons. The summed E-state index contributed by atoms with van der Waals surface area (Å²) in [4.78, 5) is 2.43. The van der Waals surface area contributed by atoms with Crippen LogP contribution in [-0.4, -0.2) is 17.5 Å². The molecule has 0 unspecified atom stereocenters. The summed E-state index contributed by atoms with van der Waals surface area (Å²) in [6.45, 7) is 7.78. The Bertz CT molecular complexity index is 812. The highest BCUT2D eigenvalue weighted by Gasteiger charge is 2.19. The summed E-state index contributed by atoms with van der Waals surface area (Å²) in [5.41, 5.74) is 4.40. The van der Waals surface area contributed by atoms with Gasteiger partial charge in [-0.2, -0.15) is 0 Å². The first-order valence-electron chi connectivity index (χ1n) is 8.70. The molecule has 0 saturated carbocycles. The number of benzene rings is 3. The van der Waals surface area contributed by atoms with Crippen LogP contribution in [0.5, 0.6) is 0 Å². The van der Waals surface area contributed by atoms with Crippen molar-refractivity contribution in [3.63, 3.8) is 0 Å². The van der Waals surface area contributed by atoms with E-state index in [9.17, 15) is 0 Å². The van der Waals surface area contributed by atoms with Crippen molar-refractivity contribution in [1.29, 1.82) is 0 Å². The summed E-state index contributed by atoms with van der Waals surface area (Å²) in [7, 11) is 2.22. The van der Waals surface area contributed by atoms with Crippen molar-refractivity contribution in [3.05, 3.63) is 83.4 Å². The lowest BCUT2D eigenvalue weighted by Gasteiger charge is -2.33. The van der Waals surface area contributed by atoms with E-state index in [1.54, 1.807) is 0 Å². The van der Waals surface area contributed by atoms with Gasteiger partial charge in [0.05, 0.1) is 0 Å². The number of hydrogen-bond acceptors (Lipinski definition) is 1. The number of fused-ring (bicyclic) bond motifs is 1. The van der Waals surface area contributed by atoms with Gasteiger partial charge in [-0.15, -0.1) is 0 Å². The Morgan fingerprint density at radius 2 is 1.46 bits per heavy atom. The predicted octanol–water partition coefficient (Wildman–Crippen LogP) is 5.66. The molecule has 3 aromatic rings. The van der Waals surface area contributed by atoms with Crippen LogP contribution in [-0.2, 0) is 13.0 Å². The van der Waals surface area contributed by atoms with E-state index in [0.29, 0.717) is 0 Å². The van der Waals surface area contributed by atoms with E-state index >= 15 is 0 Å². The minimum Gasteiger partial charge on any atom is -0.297 e. The van der Waals surface area contributed by atoms with Gasteiger partial charge in [0.1, 0.15) is 0 Å². The van der Waals surface area contributed by atoms with E-state index < -0.39 is 0 Å². The fourth-order valence-corrected chi connectivity index (χ4v) is 3.02. The molecule has 24 heavy (non-hydrogen) atoms. The standard InChI is InChI=1S/C23H27N/c1-23(2,3)24(4)17-22-20(16-18-10-6-5-7-11-18)15-14-19-12-8-9-13-21(19)22/h5-15H,16-17H2,1-4H3. The minimum absolute atomic E-state index is 0.154. The van der Waals surface area contributed by atoms with Gasteiger partial charge in [0.15, 0.2) is 0 Å². The highest BCUT2D eigenvalue weighted by molar-refractivity contribution is 5.86. The Labute approximate surface area is 145 Å². The molecule has 0 aromatic heterocycles. The fraction of sp³-hybridized carbons (Fsp3) is 0.304. The zero-order valence-corrected chi connectivity index (χ0v) is 15.2. The molecule has 1 nitrogen and oxygen atoms in total. The van der Waals surface area contributed by atoms with Crippen LogP contribution in [0.2, 0.25) is 0 Å². The second kappa shape index (κ2) is 6.78. The Balaban J connectivity index is 2.06. The smallest absolute Gasteiger partial charge is 0.0244 e. The summed E-state index contributed by atoms with van der Waals surface area (Å²) in [6.07, 6.45) is 0.985. The zero-order valence-electron chi connectivity index (χ0n) is 15.2. The maximum Gasteiger partial charge on any atom is 0.0244 e. The monoisotopic (exact) mass is 317 g/mol. The quantitative estimate of drug-likeness (QED) is 0.600. The van der Waals surface area contributed by atoms with Crippen molar-refractivity contribution in [3.8, 4) is 0 Å². The molecule has 3 rings (SSSR count). The fourth-order valence-electron chi connectivity index (χ4n) is 3.02. The van der Waals surface area contributed by atoms with Crippen LogP contribution in [0.15, 0.2) is 66.7 Å². The average Bonchev–Trinajstić information content (AvgIpc) is 2.57. The number of rotatable bonds is 4. The Morgan fingerprint density at radius 3 is 2.17 bits per heavy atom. The van der Waals surface area contributed by atoms with Crippen LogP contribution in [0.4, 0.5) is 0 Å². The second-order valence-electron chi connectivity index (χ2n) is 7.61. The molecular weight excluding hydrogens is 290 g/mol. The first-order valence-corrected chi connectivity index (χ1v) is 8.70. The second-order valence-corrected chi connectivity index (χ2v) is 7.61. The number of hydrogen-bond donors (Lipinski definition) is 0. The molecule has 0 spiro atoms. The van der Waals surface area contributed by atoms with E-state index in [2.05, 4.69) is 99.4 Å². The van der Waals surface area contributed by atoms with Crippen molar-refractivity contribution >= 4 is 10.8 Å². The van der Waals surface area contributed by atoms with Crippen molar-refractivity contribution in [2.45, 2.75) is 39.3 Å². The van der Waals surface area contributed by atoms with E-state index in [1.165, 1.54) is 27.5 Å². The third-order valence-corrected chi connectivity index (χ3v) is 4.92. The van der Waals surface area contributed by atoms with Gasteiger partial charge in [0.25, 0.3) is 0 Å². The predicted molar refractivity (Wildman–Crippen MR) is 104 cm³/mol. The molecule has 0 fully saturated rings. The van der Waals surface area contributed by atoms with Crippen LogP contribution in [0.3, 0.4) is 0 Å². The molecule has 1 heteroatoms. The molecule has 0 saturated heterocycles. The maximum atomic E-state index is 2.43. The molecule has 0 N–H and O–H groups in total. The first kappa shape index (κ1) is 16.7. The topological polar surface area (TPSA) is 3.24 Å². The van der Waals surface area contributed by atoms with Crippen molar-refractivity contribution in [1.82, 2.24) is 4.90 Å². The molecule has 3 aromatic carbocycles. The van der Waals surface area contributed by atoms with Gasteiger partial charge >= 0.3 is 0 Å². The average molecular weight is 317 g/mol. The summed E-state index contributed by atoms with van der Waals surface area (Å²) < 4.78 is 0. The first-order chi connectivity index (χ1) is 11.4. The molecule has 0 atom stereocenters. The summed E-state index contributed by atoms with van der Waals surface area (Å²) in [5.74, 6) is 0. The molecule has 0 aliphatic heterocycles. The molecule has 0 bridgehead atoms. The van der Waals surface area contributed by atoms with Crippen LogP contribution >= 0.6 is 0 Å². The highest BCUT2D eigenvalue weighted by atomic mass is 15.2. The van der Waals surface area contributed by atoms with Crippen molar-refractivity contribution in [2.24, 2.45) is 0 Å².